The molecule has 3 aliphatic heterocycles. The molecule has 4 bridgehead atoms. The highest BCUT2D eigenvalue weighted by Gasteiger charge is 2.43. The summed E-state index contributed by atoms with van der Waals surface area (Å²) in [5.41, 5.74) is 4.98. The number of piperidine rings is 2. The number of amides is 3. The number of aromatic nitrogens is 3. The second kappa shape index (κ2) is 13.3. The van der Waals surface area contributed by atoms with E-state index in [0.29, 0.717) is 74.6 Å². The lowest BCUT2D eigenvalue weighted by molar-refractivity contribution is -0.140. The lowest BCUT2D eigenvalue weighted by Gasteiger charge is -2.51. The van der Waals surface area contributed by atoms with Crippen molar-refractivity contribution in [1.82, 2.24) is 29.9 Å². The van der Waals surface area contributed by atoms with E-state index in [1.54, 1.807) is 18.9 Å². The molecule has 3 aromatic rings. The van der Waals surface area contributed by atoms with Gasteiger partial charge in [-0.3, -0.25) is 19.1 Å². The van der Waals surface area contributed by atoms with Gasteiger partial charge < -0.3 is 24.6 Å². The highest BCUT2D eigenvalue weighted by Crippen LogP contribution is 2.38. The molecule has 3 aliphatic rings. The number of fused-ring (bicyclic) bond motifs is 7. The molecule has 1 N–H and O–H groups in total. The van der Waals surface area contributed by atoms with E-state index in [4.69, 9.17) is 9.47 Å². The van der Waals surface area contributed by atoms with E-state index in [1.165, 1.54) is 0 Å². The minimum atomic E-state index is -0.0275. The Hall–Kier alpha value is -4.15. The number of carbonyl (C=O) groups is 3. The Balaban J connectivity index is 1.26. The van der Waals surface area contributed by atoms with Crippen LogP contribution in [0.5, 0.6) is 11.5 Å². The molecule has 0 saturated carbocycles. The molecular formula is C35H46N6O5. The molecule has 2 saturated heterocycles. The van der Waals surface area contributed by atoms with Gasteiger partial charge in [0.2, 0.25) is 11.8 Å². The Labute approximate surface area is 270 Å². The Morgan fingerprint density at radius 3 is 2.59 bits per heavy atom. The summed E-state index contributed by atoms with van der Waals surface area (Å²) in [5.74, 6) is 1.85. The lowest BCUT2D eigenvalue weighted by Crippen LogP contribution is -2.60. The summed E-state index contributed by atoms with van der Waals surface area (Å²) < 4.78 is 13.1. The zero-order valence-electron chi connectivity index (χ0n) is 27.7. The van der Waals surface area contributed by atoms with Crippen molar-refractivity contribution in [3.8, 4) is 11.5 Å². The molecule has 3 atom stereocenters. The summed E-state index contributed by atoms with van der Waals surface area (Å²) in [4.78, 5) is 49.6. The van der Waals surface area contributed by atoms with Crippen LogP contribution in [0.15, 0.2) is 18.2 Å². The van der Waals surface area contributed by atoms with Crippen LogP contribution in [0.25, 0.3) is 11.0 Å². The summed E-state index contributed by atoms with van der Waals surface area (Å²) in [7, 11) is 5.12. The molecule has 46 heavy (non-hydrogen) atoms. The van der Waals surface area contributed by atoms with Gasteiger partial charge in [-0.15, -0.1) is 0 Å². The topological polar surface area (TPSA) is 119 Å². The first-order chi connectivity index (χ1) is 22.2. The van der Waals surface area contributed by atoms with Crippen LogP contribution in [-0.4, -0.2) is 88.7 Å². The van der Waals surface area contributed by atoms with Crippen molar-refractivity contribution in [2.24, 2.45) is 18.9 Å². The molecule has 5 heterocycles. The smallest absolute Gasteiger partial charge is 0.254 e. The molecule has 6 rings (SSSR count). The number of nitrogens with zero attached hydrogens (tertiary/aromatic N) is 5. The van der Waals surface area contributed by atoms with Gasteiger partial charge in [0.1, 0.15) is 0 Å². The zero-order valence-corrected chi connectivity index (χ0v) is 27.7. The normalized spacial score (nSPS) is 22.8. The molecule has 3 amide bonds. The highest BCUT2D eigenvalue weighted by atomic mass is 16.5. The molecule has 2 fully saturated rings. The Kier molecular flexibility index (Phi) is 9.20. The Morgan fingerprint density at radius 1 is 0.978 bits per heavy atom. The molecule has 0 unspecified atom stereocenters. The fourth-order valence-electron chi connectivity index (χ4n) is 7.98. The third kappa shape index (κ3) is 6.28. The van der Waals surface area contributed by atoms with Crippen LogP contribution in [-0.2, 0) is 29.5 Å². The fourth-order valence-corrected chi connectivity index (χ4v) is 7.98. The molecule has 11 nitrogen and oxygen atoms in total. The number of carbonyl (C=O) groups excluding carboxylic acids is 3. The van der Waals surface area contributed by atoms with E-state index in [2.05, 4.69) is 26.4 Å². The molecule has 1 aromatic carbocycles. The van der Waals surface area contributed by atoms with Crippen LogP contribution in [0.4, 0.5) is 0 Å². The van der Waals surface area contributed by atoms with E-state index >= 15 is 0 Å². The van der Waals surface area contributed by atoms with Gasteiger partial charge in [0, 0.05) is 57.8 Å². The van der Waals surface area contributed by atoms with E-state index in [1.807, 2.05) is 37.9 Å². The van der Waals surface area contributed by atoms with E-state index < -0.39 is 0 Å². The maximum atomic E-state index is 14.2. The number of methoxy groups -OCH3 is 2. The largest absolute Gasteiger partial charge is 0.493 e. The molecule has 0 aliphatic carbocycles. The monoisotopic (exact) mass is 630 g/mol. The average Bonchev–Trinajstić information content (AvgIpc) is 3.33. The van der Waals surface area contributed by atoms with Crippen LogP contribution < -0.4 is 14.8 Å². The van der Waals surface area contributed by atoms with Crippen molar-refractivity contribution < 1.29 is 23.9 Å². The second-order valence-corrected chi connectivity index (χ2v) is 13.2. The number of hydrogen-bond acceptors (Lipinski definition) is 7. The molecule has 2 aromatic heterocycles. The third-order valence-corrected chi connectivity index (χ3v) is 10.00. The van der Waals surface area contributed by atoms with E-state index in [9.17, 15) is 14.4 Å². The van der Waals surface area contributed by atoms with Crippen molar-refractivity contribution >= 4 is 28.8 Å². The molecule has 11 heteroatoms. The van der Waals surface area contributed by atoms with Crippen LogP contribution in [0.3, 0.4) is 0 Å². The molecule has 0 radical (unpaired) electrons. The third-order valence-electron chi connectivity index (χ3n) is 10.00. The van der Waals surface area contributed by atoms with Gasteiger partial charge in [0.15, 0.2) is 17.1 Å². The predicted octanol–water partition coefficient (Wildman–Crippen LogP) is 3.76. The average molecular weight is 631 g/mol. The Morgan fingerprint density at radius 2 is 1.80 bits per heavy atom. The minimum absolute atomic E-state index is 0.00193. The number of aryl methyl sites for hydroxylation is 5. The summed E-state index contributed by atoms with van der Waals surface area (Å²) in [6.07, 6.45) is 5.33. The van der Waals surface area contributed by atoms with Gasteiger partial charge in [0.05, 0.1) is 30.9 Å². The first-order valence-corrected chi connectivity index (χ1v) is 16.6. The number of rotatable bonds is 3. The fraction of sp³-hybridized carbons (Fsp3) is 0.571. The van der Waals surface area contributed by atoms with Crippen molar-refractivity contribution in [1.29, 1.82) is 0 Å². The number of likely N-dealkylation sites (tertiary alicyclic amines) is 1. The van der Waals surface area contributed by atoms with Crippen LogP contribution in [0.2, 0.25) is 0 Å². The van der Waals surface area contributed by atoms with Gasteiger partial charge >= 0.3 is 0 Å². The van der Waals surface area contributed by atoms with E-state index in [0.717, 1.165) is 53.6 Å². The summed E-state index contributed by atoms with van der Waals surface area (Å²) in [5, 5.41) is 8.42. The minimum Gasteiger partial charge on any atom is -0.493 e. The zero-order chi connectivity index (χ0) is 32.5. The van der Waals surface area contributed by atoms with Crippen molar-refractivity contribution in [3.05, 3.63) is 46.3 Å². The Bertz CT molecular complexity index is 1650. The second-order valence-electron chi connectivity index (χ2n) is 13.2. The number of ether oxygens (including phenoxy) is 2. The van der Waals surface area contributed by atoms with Crippen LogP contribution >= 0.6 is 0 Å². The number of nitrogens with one attached hydrogen (secondary N) is 1. The standard InChI is InChI=1S/C35H46N6O5/c1-21-14-27(32-22(2)38-39(3)34(32)37-21)35(44)40-18-24-16-26(20-40)28-9-6-10-30(42)36-13-7-8-25-15-23(11-12-31(43)41(28)19-24)17-29(45-4)33(25)46-5/h14-15,17,24,26,28H,6-13,16,18-20H2,1-5H3,(H,36,42)/t24-,26-,28-/m0/s1. The SMILES string of the molecule is COc1cc2cc(c1OC)CCCNC(=O)CCC[C@H]1[C@H]3C[C@@H](CN(C(=O)c4cc(C)nc5c4c(C)nn5C)C3)CN1C(=O)CC2. The van der Waals surface area contributed by atoms with Crippen molar-refractivity contribution in [2.75, 3.05) is 40.4 Å². The van der Waals surface area contributed by atoms with Crippen molar-refractivity contribution in [3.63, 3.8) is 0 Å². The summed E-state index contributed by atoms with van der Waals surface area (Å²) in [6.45, 7) is 6.21. The highest BCUT2D eigenvalue weighted by molar-refractivity contribution is 6.06. The number of hydrogen-bond donors (Lipinski definition) is 1. The quantitative estimate of drug-likeness (QED) is 0.468. The van der Waals surface area contributed by atoms with Crippen molar-refractivity contribution in [2.45, 2.75) is 71.3 Å². The van der Waals surface area contributed by atoms with Crippen LogP contribution in [0, 0.1) is 25.7 Å². The maximum Gasteiger partial charge on any atom is 0.254 e. The molecular weight excluding hydrogens is 584 g/mol. The van der Waals surface area contributed by atoms with Gasteiger partial charge in [0.25, 0.3) is 5.91 Å². The first kappa shape index (κ1) is 31.8. The van der Waals surface area contributed by atoms with Crippen LogP contribution in [0.1, 0.15) is 71.4 Å². The lowest BCUT2D eigenvalue weighted by atomic mass is 9.77. The molecule has 0 spiro atoms. The van der Waals surface area contributed by atoms with E-state index in [-0.39, 0.29) is 35.6 Å². The first-order valence-electron chi connectivity index (χ1n) is 16.6. The molecule has 246 valence electrons. The summed E-state index contributed by atoms with van der Waals surface area (Å²) >= 11 is 0. The van der Waals surface area contributed by atoms with Gasteiger partial charge in [-0.2, -0.15) is 5.10 Å². The van der Waals surface area contributed by atoms with Gasteiger partial charge in [-0.25, -0.2) is 4.98 Å². The summed E-state index contributed by atoms with van der Waals surface area (Å²) in [6, 6.07) is 5.93. The van der Waals surface area contributed by atoms with Gasteiger partial charge in [-0.1, -0.05) is 6.07 Å². The van der Waals surface area contributed by atoms with Gasteiger partial charge in [-0.05, 0) is 87.5 Å². The number of pyridine rings is 1. The maximum absolute atomic E-state index is 14.2. The predicted molar refractivity (Wildman–Crippen MR) is 174 cm³/mol. The number of benzene rings is 1.